The predicted octanol–water partition coefficient (Wildman–Crippen LogP) is 2.31. The number of aromatic amines is 1. The molecule has 74 valence electrons. The van der Waals surface area contributed by atoms with Crippen LogP contribution in [0.15, 0.2) is 22.0 Å². The average Bonchev–Trinajstić information content (AvgIpc) is 2.74. The van der Waals surface area contributed by atoms with Crippen molar-refractivity contribution in [2.24, 2.45) is 0 Å². The number of aromatic nitrogens is 3. The van der Waals surface area contributed by atoms with Gasteiger partial charge in [-0.1, -0.05) is 16.9 Å². The van der Waals surface area contributed by atoms with Crippen molar-refractivity contribution in [2.75, 3.05) is 0 Å². The van der Waals surface area contributed by atoms with Crippen LogP contribution in [0.3, 0.4) is 0 Å². The average molecular weight is 209 g/mol. The molecular formula is C9H11N3OS. The summed E-state index contributed by atoms with van der Waals surface area (Å²) in [5, 5.41) is 4.76. The lowest BCUT2D eigenvalue weighted by Crippen LogP contribution is -1.81. The summed E-state index contributed by atoms with van der Waals surface area (Å²) < 4.78 is 4.74. The van der Waals surface area contributed by atoms with Gasteiger partial charge in [-0.15, -0.1) is 0 Å². The van der Waals surface area contributed by atoms with Crippen molar-refractivity contribution in [3.63, 3.8) is 0 Å². The fourth-order valence-corrected chi connectivity index (χ4v) is 1.90. The third-order valence-electron chi connectivity index (χ3n) is 1.95. The summed E-state index contributed by atoms with van der Waals surface area (Å²) in [6.45, 7) is 4.01. The Balaban J connectivity index is 1.98. The lowest BCUT2D eigenvalue weighted by molar-refractivity contribution is 0.414. The number of nitrogens with zero attached hydrogens (tertiary/aromatic N) is 2. The minimum atomic E-state index is 0.781. The summed E-state index contributed by atoms with van der Waals surface area (Å²) in [5.41, 5.74) is 3.10. The summed E-state index contributed by atoms with van der Waals surface area (Å²) in [5.74, 6) is 0.781. The normalized spacial score (nSPS) is 10.7. The lowest BCUT2D eigenvalue weighted by atomic mass is 10.4. The van der Waals surface area contributed by atoms with Crippen LogP contribution in [0.5, 0.6) is 0 Å². The van der Waals surface area contributed by atoms with Crippen molar-refractivity contribution < 1.29 is 4.52 Å². The molecular weight excluding hydrogens is 198 g/mol. The van der Waals surface area contributed by atoms with E-state index in [1.807, 2.05) is 19.9 Å². The topological polar surface area (TPSA) is 54.7 Å². The van der Waals surface area contributed by atoms with Crippen LogP contribution in [0.4, 0.5) is 0 Å². The zero-order chi connectivity index (χ0) is 9.97. The first-order chi connectivity index (χ1) is 6.75. The van der Waals surface area contributed by atoms with E-state index >= 15 is 0 Å². The minimum Gasteiger partial charge on any atom is -0.364 e. The molecule has 0 fully saturated rings. The Labute approximate surface area is 86.1 Å². The van der Waals surface area contributed by atoms with Gasteiger partial charge in [-0.05, 0) is 13.8 Å². The van der Waals surface area contributed by atoms with Crippen molar-refractivity contribution in [3.05, 3.63) is 29.4 Å². The molecule has 0 aliphatic rings. The number of hydrogen-bond donors (Lipinski definition) is 1. The van der Waals surface area contributed by atoms with Gasteiger partial charge in [0.05, 0.1) is 11.4 Å². The van der Waals surface area contributed by atoms with E-state index in [-0.39, 0.29) is 0 Å². The Morgan fingerprint density at radius 1 is 1.50 bits per heavy atom. The molecule has 4 nitrogen and oxygen atoms in total. The Kier molecular flexibility index (Phi) is 2.58. The highest BCUT2D eigenvalue weighted by Gasteiger charge is 2.04. The standard InChI is InChI=1S/C9H11N3OS/c1-6-7(2)11-9(10-6)14-5-8-3-4-13-12-8/h3-4H,5H2,1-2H3,(H,10,11). The van der Waals surface area contributed by atoms with Crippen LogP contribution in [0, 0.1) is 13.8 Å². The number of nitrogens with one attached hydrogen (secondary N) is 1. The molecule has 2 aromatic rings. The summed E-state index contributed by atoms with van der Waals surface area (Å²) in [6, 6.07) is 1.86. The molecule has 0 spiro atoms. The number of aryl methyl sites for hydroxylation is 2. The van der Waals surface area contributed by atoms with Crippen LogP contribution in [-0.2, 0) is 5.75 Å². The Hall–Kier alpha value is -1.23. The highest BCUT2D eigenvalue weighted by atomic mass is 32.2. The van der Waals surface area contributed by atoms with Crippen LogP contribution in [0.1, 0.15) is 17.1 Å². The van der Waals surface area contributed by atoms with E-state index in [1.54, 1.807) is 18.0 Å². The molecule has 2 heterocycles. The summed E-state index contributed by atoms with van der Waals surface area (Å²) in [4.78, 5) is 7.56. The van der Waals surface area contributed by atoms with E-state index in [0.717, 1.165) is 28.0 Å². The molecule has 0 saturated carbocycles. The number of thioether (sulfide) groups is 1. The number of imidazole rings is 1. The van der Waals surface area contributed by atoms with Gasteiger partial charge in [-0.2, -0.15) is 0 Å². The molecule has 0 unspecified atom stereocenters. The number of H-pyrrole nitrogens is 1. The Morgan fingerprint density at radius 2 is 2.36 bits per heavy atom. The van der Waals surface area contributed by atoms with Crippen molar-refractivity contribution in [1.29, 1.82) is 0 Å². The number of rotatable bonds is 3. The van der Waals surface area contributed by atoms with Crippen LogP contribution >= 0.6 is 11.8 Å². The highest BCUT2D eigenvalue weighted by molar-refractivity contribution is 7.98. The smallest absolute Gasteiger partial charge is 0.166 e. The fourth-order valence-electron chi connectivity index (χ4n) is 1.04. The van der Waals surface area contributed by atoms with Crippen LogP contribution in [-0.4, -0.2) is 15.1 Å². The first-order valence-electron chi connectivity index (χ1n) is 4.31. The third kappa shape index (κ3) is 1.98. The molecule has 14 heavy (non-hydrogen) atoms. The van der Waals surface area contributed by atoms with Crippen LogP contribution in [0.2, 0.25) is 0 Å². The Bertz CT molecular complexity index is 388. The molecule has 2 rings (SSSR count). The van der Waals surface area contributed by atoms with Crippen molar-refractivity contribution in [1.82, 2.24) is 15.1 Å². The van der Waals surface area contributed by atoms with Gasteiger partial charge in [0.1, 0.15) is 6.26 Å². The van der Waals surface area contributed by atoms with Crippen LogP contribution in [0.25, 0.3) is 0 Å². The van der Waals surface area contributed by atoms with Gasteiger partial charge < -0.3 is 9.51 Å². The van der Waals surface area contributed by atoms with Crippen molar-refractivity contribution in [3.8, 4) is 0 Å². The summed E-state index contributed by atoms with van der Waals surface area (Å²) in [6.07, 6.45) is 1.58. The van der Waals surface area contributed by atoms with Crippen molar-refractivity contribution >= 4 is 11.8 Å². The summed E-state index contributed by atoms with van der Waals surface area (Å²) in [7, 11) is 0. The SMILES string of the molecule is Cc1nc(SCc2ccon2)[nH]c1C. The van der Waals surface area contributed by atoms with Gasteiger partial charge >= 0.3 is 0 Å². The minimum absolute atomic E-state index is 0.781. The highest BCUT2D eigenvalue weighted by Crippen LogP contribution is 2.19. The fraction of sp³-hybridized carbons (Fsp3) is 0.333. The molecule has 2 aromatic heterocycles. The van der Waals surface area contributed by atoms with E-state index < -0.39 is 0 Å². The van der Waals surface area contributed by atoms with E-state index in [1.165, 1.54) is 0 Å². The maximum Gasteiger partial charge on any atom is 0.166 e. The second-order valence-corrected chi connectivity index (χ2v) is 4.00. The van der Waals surface area contributed by atoms with E-state index in [4.69, 9.17) is 4.52 Å². The first kappa shape index (κ1) is 9.33. The molecule has 0 radical (unpaired) electrons. The maximum absolute atomic E-state index is 4.74. The van der Waals surface area contributed by atoms with Gasteiger partial charge in [0.2, 0.25) is 0 Å². The lowest BCUT2D eigenvalue weighted by Gasteiger charge is -1.91. The second kappa shape index (κ2) is 3.88. The van der Waals surface area contributed by atoms with Gasteiger partial charge in [0.25, 0.3) is 0 Å². The zero-order valence-corrected chi connectivity index (χ0v) is 8.89. The zero-order valence-electron chi connectivity index (χ0n) is 8.07. The van der Waals surface area contributed by atoms with Gasteiger partial charge in [-0.25, -0.2) is 4.98 Å². The molecule has 0 aliphatic carbocycles. The first-order valence-corrected chi connectivity index (χ1v) is 5.29. The third-order valence-corrected chi connectivity index (χ3v) is 2.86. The van der Waals surface area contributed by atoms with E-state index in [0.29, 0.717) is 0 Å². The summed E-state index contributed by atoms with van der Waals surface area (Å²) >= 11 is 1.62. The molecule has 1 N–H and O–H groups in total. The Morgan fingerprint density at radius 3 is 2.93 bits per heavy atom. The largest absolute Gasteiger partial charge is 0.364 e. The molecule has 0 amide bonds. The second-order valence-electron chi connectivity index (χ2n) is 3.03. The van der Waals surface area contributed by atoms with Crippen LogP contribution < -0.4 is 0 Å². The molecule has 0 saturated heterocycles. The quantitative estimate of drug-likeness (QED) is 0.788. The molecule has 0 atom stereocenters. The maximum atomic E-state index is 4.74. The predicted molar refractivity (Wildman–Crippen MR) is 54.1 cm³/mol. The molecule has 0 aliphatic heterocycles. The van der Waals surface area contributed by atoms with Gasteiger partial charge in [0.15, 0.2) is 5.16 Å². The molecule has 0 bridgehead atoms. The van der Waals surface area contributed by atoms with Gasteiger partial charge in [0, 0.05) is 17.5 Å². The molecule has 5 heteroatoms. The van der Waals surface area contributed by atoms with E-state index in [9.17, 15) is 0 Å². The van der Waals surface area contributed by atoms with Gasteiger partial charge in [-0.3, -0.25) is 0 Å². The molecule has 0 aromatic carbocycles. The van der Waals surface area contributed by atoms with E-state index in [2.05, 4.69) is 15.1 Å². The number of hydrogen-bond acceptors (Lipinski definition) is 4. The van der Waals surface area contributed by atoms with Crippen molar-refractivity contribution in [2.45, 2.75) is 24.8 Å². The monoisotopic (exact) mass is 209 g/mol.